The van der Waals surface area contributed by atoms with Crippen LogP contribution in [-0.4, -0.2) is 53.3 Å². The van der Waals surface area contributed by atoms with Crippen molar-refractivity contribution in [2.75, 3.05) is 26.2 Å². The van der Waals surface area contributed by atoms with E-state index >= 15 is 0 Å². The zero-order chi connectivity index (χ0) is 18.1. The fourth-order valence-corrected chi connectivity index (χ4v) is 4.34. The number of nitrogens with zero attached hydrogens (tertiary/aromatic N) is 3. The van der Waals surface area contributed by atoms with Gasteiger partial charge in [-0.3, -0.25) is 14.6 Å². The van der Waals surface area contributed by atoms with E-state index in [2.05, 4.69) is 14.9 Å². The summed E-state index contributed by atoms with van der Waals surface area (Å²) in [5, 5.41) is 0.551. The number of hydrogen-bond donors (Lipinski definition) is 0. The molecule has 5 nitrogen and oxygen atoms in total. The minimum Gasteiger partial charge on any atom is -0.301 e. The molecule has 2 heterocycles. The van der Waals surface area contributed by atoms with E-state index in [0.717, 1.165) is 19.6 Å². The number of aromatic nitrogens is 1. The molecule has 0 atom stereocenters. The van der Waals surface area contributed by atoms with Crippen molar-refractivity contribution >= 4 is 28.6 Å². The van der Waals surface area contributed by atoms with Crippen molar-refractivity contribution < 1.29 is 14.0 Å². The lowest BCUT2D eigenvalue weighted by Gasteiger charge is -2.14. The Kier molecular flexibility index (Phi) is 4.74. The maximum atomic E-state index is 13.1. The maximum Gasteiger partial charge on any atom is 0.219 e. The zero-order valence-corrected chi connectivity index (χ0v) is 15.0. The van der Waals surface area contributed by atoms with Gasteiger partial charge >= 0.3 is 0 Å². The highest BCUT2D eigenvalue weighted by Crippen LogP contribution is 2.32. The van der Waals surface area contributed by atoms with Crippen LogP contribution >= 0.6 is 11.3 Å². The predicted molar refractivity (Wildman–Crippen MR) is 98.8 cm³/mol. The summed E-state index contributed by atoms with van der Waals surface area (Å²) in [6.45, 7) is 3.52. The number of Topliss-reactive ketones (excluding diaryl/α,β-unsaturated/α-hetero) is 2. The molecule has 134 valence electrons. The molecule has 4 rings (SSSR count). The standard InChI is InChI=1S/C19H18FN3O2S/c20-13-5-3-12(4-6-13)19-22-16-15(24)11-14(17(25)18(16)26-19)21-7-10-23-8-1-2-9-23/h3-6H,1-2,7-11H2. The van der Waals surface area contributed by atoms with E-state index < -0.39 is 0 Å². The van der Waals surface area contributed by atoms with Gasteiger partial charge in [0.05, 0.1) is 18.7 Å². The fourth-order valence-electron chi connectivity index (χ4n) is 3.29. The topological polar surface area (TPSA) is 62.6 Å². The molecular formula is C19H18FN3O2S. The lowest BCUT2D eigenvalue weighted by Crippen LogP contribution is -2.28. The van der Waals surface area contributed by atoms with E-state index in [1.165, 1.54) is 36.3 Å². The summed E-state index contributed by atoms with van der Waals surface area (Å²) in [5.74, 6) is -0.717. The average Bonchev–Trinajstić information content (AvgIpc) is 3.30. The first kappa shape index (κ1) is 17.2. The Balaban J connectivity index is 1.55. The lowest BCUT2D eigenvalue weighted by atomic mass is 9.98. The molecule has 1 aliphatic heterocycles. The summed E-state index contributed by atoms with van der Waals surface area (Å²) in [6, 6.07) is 5.87. The van der Waals surface area contributed by atoms with E-state index in [-0.39, 0.29) is 29.5 Å². The second-order valence-electron chi connectivity index (χ2n) is 6.51. The molecule has 1 fully saturated rings. The Labute approximate surface area is 154 Å². The molecule has 26 heavy (non-hydrogen) atoms. The number of carbonyl (C=O) groups excluding carboxylic acids is 2. The van der Waals surface area contributed by atoms with Crippen LogP contribution in [0.1, 0.15) is 39.4 Å². The van der Waals surface area contributed by atoms with Gasteiger partial charge in [0, 0.05) is 12.1 Å². The molecule has 0 saturated carbocycles. The predicted octanol–water partition coefficient (Wildman–Crippen LogP) is 3.26. The van der Waals surface area contributed by atoms with Crippen LogP contribution in [0.3, 0.4) is 0 Å². The number of halogens is 1. The highest BCUT2D eigenvalue weighted by Gasteiger charge is 2.33. The molecule has 1 saturated heterocycles. The van der Waals surface area contributed by atoms with Gasteiger partial charge in [0.2, 0.25) is 5.78 Å². The number of carbonyl (C=O) groups is 2. The second kappa shape index (κ2) is 7.17. The van der Waals surface area contributed by atoms with Crippen LogP contribution in [0.2, 0.25) is 0 Å². The van der Waals surface area contributed by atoms with Crippen molar-refractivity contribution in [3.63, 3.8) is 0 Å². The summed E-state index contributed by atoms with van der Waals surface area (Å²) in [7, 11) is 0. The van der Waals surface area contributed by atoms with Gasteiger partial charge < -0.3 is 4.90 Å². The molecule has 1 aliphatic carbocycles. The minimum absolute atomic E-state index is 0.0123. The third-order valence-corrected chi connectivity index (χ3v) is 5.80. The average molecular weight is 371 g/mol. The van der Waals surface area contributed by atoms with Crippen LogP contribution in [0.5, 0.6) is 0 Å². The quantitative estimate of drug-likeness (QED) is 0.828. The van der Waals surface area contributed by atoms with Gasteiger partial charge in [-0.25, -0.2) is 9.37 Å². The Hall–Kier alpha value is -2.25. The van der Waals surface area contributed by atoms with Crippen LogP contribution in [0.4, 0.5) is 4.39 Å². The van der Waals surface area contributed by atoms with E-state index in [1.54, 1.807) is 12.1 Å². The number of thiazole rings is 1. The van der Waals surface area contributed by atoms with E-state index in [4.69, 9.17) is 0 Å². The van der Waals surface area contributed by atoms with Crippen molar-refractivity contribution in [3.05, 3.63) is 40.7 Å². The maximum absolute atomic E-state index is 13.1. The van der Waals surface area contributed by atoms with Crippen molar-refractivity contribution in [1.29, 1.82) is 0 Å². The number of rotatable bonds is 4. The van der Waals surface area contributed by atoms with Crippen LogP contribution in [0.15, 0.2) is 29.3 Å². The molecule has 0 radical (unpaired) electrons. The lowest BCUT2D eigenvalue weighted by molar-refractivity contribution is 0.0963. The molecule has 1 aromatic heterocycles. The Bertz CT molecular complexity index is 883. The van der Waals surface area contributed by atoms with Crippen LogP contribution < -0.4 is 0 Å². The van der Waals surface area contributed by atoms with Gasteiger partial charge in [-0.2, -0.15) is 0 Å². The van der Waals surface area contributed by atoms with Gasteiger partial charge in [0.1, 0.15) is 21.4 Å². The summed E-state index contributed by atoms with van der Waals surface area (Å²) in [4.78, 5) is 36.5. The normalized spacial score (nSPS) is 19.3. The first-order valence-electron chi connectivity index (χ1n) is 8.72. The number of fused-ring (bicyclic) bond motifs is 1. The second-order valence-corrected chi connectivity index (χ2v) is 7.51. The molecule has 0 unspecified atom stereocenters. The van der Waals surface area contributed by atoms with Crippen molar-refractivity contribution in [1.82, 2.24) is 9.88 Å². The monoisotopic (exact) mass is 371 g/mol. The Morgan fingerprint density at radius 2 is 1.88 bits per heavy atom. The SMILES string of the molecule is O=C1CC(=NCCN2CCCC2)C(=O)c2sc(-c3ccc(F)cc3)nc21. The van der Waals surface area contributed by atoms with E-state index in [1.807, 2.05) is 0 Å². The fraction of sp³-hybridized carbons (Fsp3) is 0.368. The highest BCUT2D eigenvalue weighted by atomic mass is 32.1. The first-order chi connectivity index (χ1) is 12.6. The number of ketones is 2. The van der Waals surface area contributed by atoms with E-state index in [9.17, 15) is 14.0 Å². The van der Waals surface area contributed by atoms with Crippen molar-refractivity contribution in [3.8, 4) is 10.6 Å². The zero-order valence-electron chi connectivity index (χ0n) is 14.2. The number of likely N-dealkylation sites (tertiary alicyclic amines) is 1. The largest absolute Gasteiger partial charge is 0.301 e. The first-order valence-corrected chi connectivity index (χ1v) is 9.54. The third-order valence-electron chi connectivity index (χ3n) is 4.70. The summed E-state index contributed by atoms with van der Waals surface area (Å²) in [5.41, 5.74) is 1.24. The molecule has 0 bridgehead atoms. The van der Waals surface area contributed by atoms with Gasteiger partial charge in [0.15, 0.2) is 5.78 Å². The molecule has 1 aromatic carbocycles. The molecule has 2 aromatic rings. The molecule has 2 aliphatic rings. The van der Waals surface area contributed by atoms with Gasteiger partial charge in [-0.1, -0.05) is 0 Å². The summed E-state index contributed by atoms with van der Waals surface area (Å²) >= 11 is 1.17. The van der Waals surface area contributed by atoms with E-state index in [0.29, 0.717) is 27.7 Å². The molecule has 0 amide bonds. The summed E-state index contributed by atoms with van der Waals surface area (Å²) < 4.78 is 13.1. The van der Waals surface area contributed by atoms with Gasteiger partial charge in [0.25, 0.3) is 0 Å². The number of aliphatic imine (C=N–C) groups is 1. The Morgan fingerprint density at radius 1 is 1.15 bits per heavy atom. The van der Waals surface area contributed by atoms with Crippen LogP contribution in [0.25, 0.3) is 10.6 Å². The van der Waals surface area contributed by atoms with Gasteiger partial charge in [-0.15, -0.1) is 11.3 Å². The highest BCUT2D eigenvalue weighted by molar-refractivity contribution is 7.18. The van der Waals surface area contributed by atoms with Crippen LogP contribution in [-0.2, 0) is 0 Å². The molecule has 7 heteroatoms. The number of hydrogen-bond acceptors (Lipinski definition) is 6. The smallest absolute Gasteiger partial charge is 0.219 e. The van der Waals surface area contributed by atoms with Crippen molar-refractivity contribution in [2.24, 2.45) is 4.99 Å². The Morgan fingerprint density at radius 3 is 2.62 bits per heavy atom. The van der Waals surface area contributed by atoms with Crippen molar-refractivity contribution in [2.45, 2.75) is 19.3 Å². The summed E-state index contributed by atoms with van der Waals surface area (Å²) in [6.07, 6.45) is 2.44. The molecule has 0 N–H and O–H groups in total. The third kappa shape index (κ3) is 3.37. The van der Waals surface area contributed by atoms with Crippen LogP contribution in [0, 0.1) is 5.82 Å². The molecule has 0 spiro atoms. The molecular weight excluding hydrogens is 353 g/mol. The number of benzene rings is 1. The minimum atomic E-state index is -0.338. The van der Waals surface area contributed by atoms with Gasteiger partial charge in [-0.05, 0) is 50.2 Å².